The highest BCUT2D eigenvalue weighted by Crippen LogP contribution is 2.43. The van der Waals surface area contributed by atoms with Crippen LogP contribution in [0.4, 0.5) is 8.78 Å². The number of carbonyl (C=O) groups excluding carboxylic acids is 1. The number of hydrogen-bond acceptors (Lipinski definition) is 3. The Bertz CT molecular complexity index is 849. The maximum Gasteiger partial charge on any atom is 0.263 e. The van der Waals surface area contributed by atoms with Crippen LogP contribution in [-0.4, -0.2) is 24.7 Å². The lowest BCUT2D eigenvalue weighted by Crippen LogP contribution is -2.48. The fraction of sp³-hybridized carbons (Fsp3) is 0.409. The van der Waals surface area contributed by atoms with Crippen LogP contribution in [0.5, 0.6) is 5.75 Å². The summed E-state index contributed by atoms with van der Waals surface area (Å²) in [6.07, 6.45) is -0.237. The third-order valence-electron chi connectivity index (χ3n) is 5.50. The minimum atomic E-state index is -2.54. The topological polar surface area (TPSA) is 47.6 Å². The maximum atomic E-state index is 12.9. The van der Waals surface area contributed by atoms with E-state index < -0.39 is 6.43 Å². The molecule has 0 aromatic heterocycles. The van der Waals surface area contributed by atoms with Crippen molar-refractivity contribution in [2.24, 2.45) is 0 Å². The van der Waals surface area contributed by atoms with Crippen LogP contribution in [-0.2, 0) is 16.0 Å². The zero-order valence-electron chi connectivity index (χ0n) is 15.5. The lowest BCUT2D eigenvalue weighted by Gasteiger charge is -2.44. The first-order valence-corrected chi connectivity index (χ1v) is 9.57. The minimum Gasteiger partial charge on any atom is -0.487 e. The van der Waals surface area contributed by atoms with E-state index in [1.807, 2.05) is 24.3 Å². The molecule has 0 aliphatic carbocycles. The molecule has 1 spiro atoms. The van der Waals surface area contributed by atoms with E-state index in [0.29, 0.717) is 25.2 Å². The first-order valence-electron chi connectivity index (χ1n) is 9.57. The van der Waals surface area contributed by atoms with Crippen molar-refractivity contribution in [1.82, 2.24) is 5.32 Å². The van der Waals surface area contributed by atoms with Crippen molar-refractivity contribution < 1.29 is 23.0 Å². The normalized spacial score (nSPS) is 20.5. The zero-order valence-corrected chi connectivity index (χ0v) is 15.5. The molecular formula is C22H23F2NO3. The predicted molar refractivity (Wildman–Crippen MR) is 100 cm³/mol. The summed E-state index contributed by atoms with van der Waals surface area (Å²) in [4.78, 5) is 12.7. The van der Waals surface area contributed by atoms with Gasteiger partial charge in [-0.25, -0.2) is 8.78 Å². The van der Waals surface area contributed by atoms with Gasteiger partial charge in [0.25, 0.3) is 6.43 Å². The van der Waals surface area contributed by atoms with Gasteiger partial charge in [0, 0.05) is 30.4 Å². The van der Waals surface area contributed by atoms with Crippen LogP contribution in [0, 0.1) is 0 Å². The summed E-state index contributed by atoms with van der Waals surface area (Å²) >= 11 is 0. The van der Waals surface area contributed by atoms with Gasteiger partial charge in [-0.15, -0.1) is 0 Å². The lowest BCUT2D eigenvalue weighted by atomic mass is 9.82. The summed E-state index contributed by atoms with van der Waals surface area (Å²) in [6.45, 7) is 1.28. The van der Waals surface area contributed by atoms with E-state index in [9.17, 15) is 13.6 Å². The van der Waals surface area contributed by atoms with Gasteiger partial charge in [0.1, 0.15) is 11.4 Å². The van der Waals surface area contributed by atoms with Crippen molar-refractivity contribution in [3.8, 4) is 5.75 Å². The number of amides is 1. The number of alkyl halides is 2. The number of ether oxygens (including phenoxy) is 2. The Labute approximate surface area is 162 Å². The van der Waals surface area contributed by atoms with Crippen LogP contribution in [0.3, 0.4) is 0 Å². The molecule has 4 nitrogen and oxygen atoms in total. The number of rotatable bonds is 4. The Morgan fingerprint density at radius 3 is 2.71 bits per heavy atom. The monoisotopic (exact) mass is 387 g/mol. The van der Waals surface area contributed by atoms with Gasteiger partial charge in [0.15, 0.2) is 0 Å². The van der Waals surface area contributed by atoms with Gasteiger partial charge < -0.3 is 14.8 Å². The van der Waals surface area contributed by atoms with Crippen LogP contribution in [0.2, 0.25) is 0 Å². The molecule has 1 saturated heterocycles. The highest BCUT2D eigenvalue weighted by Gasteiger charge is 2.42. The maximum absolute atomic E-state index is 12.9. The van der Waals surface area contributed by atoms with Gasteiger partial charge in [0.2, 0.25) is 5.91 Å². The molecule has 1 amide bonds. The summed E-state index contributed by atoms with van der Waals surface area (Å²) in [7, 11) is 0. The molecule has 1 atom stereocenters. The number of halogens is 2. The van der Waals surface area contributed by atoms with E-state index >= 15 is 0 Å². The van der Waals surface area contributed by atoms with Crippen molar-refractivity contribution in [2.75, 3.05) is 13.2 Å². The molecule has 2 aliphatic rings. The fourth-order valence-corrected chi connectivity index (χ4v) is 4.07. The molecule has 1 unspecified atom stereocenters. The molecule has 6 heteroatoms. The standard InChI is InChI=1S/C22H23F2NO3/c23-21(24)16-5-3-4-15(12-16)13-20(26)25-18-14-22(8-10-27-11-9-22)28-19-7-2-1-6-17(18)19/h1-7,12,18,21H,8-11,13-14H2,(H,25,26). The molecule has 28 heavy (non-hydrogen) atoms. The summed E-state index contributed by atoms with van der Waals surface area (Å²) in [5.41, 5.74) is 1.13. The molecule has 4 rings (SSSR count). The van der Waals surface area contributed by atoms with Gasteiger partial charge in [0.05, 0.1) is 25.7 Å². The number of benzene rings is 2. The van der Waals surface area contributed by atoms with Crippen molar-refractivity contribution >= 4 is 5.91 Å². The summed E-state index contributed by atoms with van der Waals surface area (Å²) in [6, 6.07) is 13.6. The molecule has 1 fully saturated rings. The minimum absolute atomic E-state index is 0.0657. The summed E-state index contributed by atoms with van der Waals surface area (Å²) < 4.78 is 37.6. The number of carbonyl (C=O) groups is 1. The molecular weight excluding hydrogens is 364 g/mol. The Morgan fingerprint density at radius 1 is 1.14 bits per heavy atom. The molecule has 2 heterocycles. The number of nitrogens with one attached hydrogen (secondary N) is 1. The largest absolute Gasteiger partial charge is 0.487 e. The third kappa shape index (κ3) is 4.02. The molecule has 0 bridgehead atoms. The third-order valence-corrected chi connectivity index (χ3v) is 5.50. The van der Waals surface area contributed by atoms with E-state index in [0.717, 1.165) is 24.2 Å². The van der Waals surface area contributed by atoms with E-state index in [1.165, 1.54) is 12.1 Å². The number of para-hydroxylation sites is 1. The molecule has 2 aliphatic heterocycles. The molecule has 0 radical (unpaired) electrons. The first kappa shape index (κ1) is 18.9. The van der Waals surface area contributed by atoms with Gasteiger partial charge in [-0.1, -0.05) is 36.4 Å². The Balaban J connectivity index is 1.51. The van der Waals surface area contributed by atoms with Gasteiger partial charge in [-0.05, 0) is 17.7 Å². The predicted octanol–water partition coefficient (Wildman–Crippen LogP) is 4.36. The fourth-order valence-electron chi connectivity index (χ4n) is 4.07. The molecule has 2 aromatic rings. The second kappa shape index (κ2) is 7.87. The van der Waals surface area contributed by atoms with Crippen molar-refractivity contribution in [1.29, 1.82) is 0 Å². The van der Waals surface area contributed by atoms with E-state index in [-0.39, 0.29) is 29.5 Å². The molecule has 148 valence electrons. The summed E-state index contributed by atoms with van der Waals surface area (Å²) in [5, 5.41) is 3.10. The number of fused-ring (bicyclic) bond motifs is 1. The van der Waals surface area contributed by atoms with Crippen LogP contribution in [0.1, 0.15) is 48.4 Å². The first-order chi connectivity index (χ1) is 13.5. The Morgan fingerprint density at radius 2 is 1.93 bits per heavy atom. The van der Waals surface area contributed by atoms with Crippen LogP contribution in [0.25, 0.3) is 0 Å². The van der Waals surface area contributed by atoms with Gasteiger partial charge in [-0.2, -0.15) is 0 Å². The van der Waals surface area contributed by atoms with E-state index in [4.69, 9.17) is 9.47 Å². The lowest BCUT2D eigenvalue weighted by molar-refractivity contribution is -0.122. The molecule has 2 aromatic carbocycles. The second-order valence-corrected chi connectivity index (χ2v) is 7.48. The van der Waals surface area contributed by atoms with Crippen molar-refractivity contribution in [2.45, 2.75) is 43.8 Å². The second-order valence-electron chi connectivity index (χ2n) is 7.48. The molecule has 1 N–H and O–H groups in total. The SMILES string of the molecule is O=C(Cc1cccc(C(F)F)c1)NC1CC2(CCOCC2)Oc2ccccc21. The van der Waals surface area contributed by atoms with Crippen LogP contribution < -0.4 is 10.1 Å². The highest BCUT2D eigenvalue weighted by atomic mass is 19.3. The Kier molecular flexibility index (Phi) is 5.31. The van der Waals surface area contributed by atoms with Crippen molar-refractivity contribution in [3.63, 3.8) is 0 Å². The van der Waals surface area contributed by atoms with Gasteiger partial charge in [-0.3, -0.25) is 4.79 Å². The quantitative estimate of drug-likeness (QED) is 0.848. The average molecular weight is 387 g/mol. The van der Waals surface area contributed by atoms with Gasteiger partial charge >= 0.3 is 0 Å². The van der Waals surface area contributed by atoms with E-state index in [2.05, 4.69) is 5.32 Å². The van der Waals surface area contributed by atoms with Crippen LogP contribution >= 0.6 is 0 Å². The van der Waals surface area contributed by atoms with Crippen molar-refractivity contribution in [3.05, 3.63) is 65.2 Å². The molecule has 0 saturated carbocycles. The smallest absolute Gasteiger partial charge is 0.263 e. The summed E-state index contributed by atoms with van der Waals surface area (Å²) in [5.74, 6) is 0.607. The van der Waals surface area contributed by atoms with Crippen LogP contribution in [0.15, 0.2) is 48.5 Å². The highest BCUT2D eigenvalue weighted by molar-refractivity contribution is 5.79. The average Bonchev–Trinajstić information content (AvgIpc) is 2.68. The zero-order chi connectivity index (χ0) is 19.6. The Hall–Kier alpha value is -2.47. The number of hydrogen-bond donors (Lipinski definition) is 1. The van der Waals surface area contributed by atoms with E-state index in [1.54, 1.807) is 12.1 Å².